The van der Waals surface area contributed by atoms with Crippen molar-refractivity contribution in [3.63, 3.8) is 0 Å². The number of aromatic nitrogens is 2. The molecule has 1 aromatic heterocycles. The fraction of sp³-hybridized carbons (Fsp3) is 0.393. The summed E-state index contributed by atoms with van der Waals surface area (Å²) in [5.41, 5.74) is 2.47. The van der Waals surface area contributed by atoms with E-state index in [1.165, 1.54) is 4.90 Å². The lowest BCUT2D eigenvalue weighted by Crippen LogP contribution is -2.51. The predicted octanol–water partition coefficient (Wildman–Crippen LogP) is 5.63. The minimum atomic E-state index is -4.74. The molecule has 42 heavy (non-hydrogen) atoms. The zero-order valence-electron chi connectivity index (χ0n) is 23.4. The van der Waals surface area contributed by atoms with Crippen LogP contribution in [0.1, 0.15) is 40.9 Å². The molecule has 0 spiro atoms. The number of nitrogens with one attached hydrogen (secondary N) is 2. The molecule has 3 N–H and O–H groups in total. The molecule has 0 radical (unpaired) electrons. The van der Waals surface area contributed by atoms with Crippen LogP contribution in [0.5, 0.6) is 0 Å². The first kappa shape index (κ1) is 30.0. The molecule has 1 fully saturated rings. The van der Waals surface area contributed by atoms with Crippen molar-refractivity contribution in [1.29, 1.82) is 0 Å². The fourth-order valence-corrected chi connectivity index (χ4v) is 6.20. The second kappa shape index (κ2) is 12.4. The smallest absolute Gasteiger partial charge is 0.389 e. The molecule has 0 saturated carbocycles. The Bertz CT molecular complexity index is 1430. The summed E-state index contributed by atoms with van der Waals surface area (Å²) in [6.07, 6.45) is -3.86. The van der Waals surface area contributed by atoms with Crippen LogP contribution < -0.4 is 15.5 Å². The summed E-state index contributed by atoms with van der Waals surface area (Å²) >= 11 is 0. The molecule has 2 aromatic carbocycles. The van der Waals surface area contributed by atoms with Gasteiger partial charge in [-0.05, 0) is 43.7 Å². The Kier molecular flexibility index (Phi) is 8.84. The summed E-state index contributed by atoms with van der Waals surface area (Å²) in [5.74, 6) is -0.836. The number of alkyl halides is 3. The lowest BCUT2D eigenvalue weighted by molar-refractivity contribution is -0.137. The van der Waals surface area contributed by atoms with Gasteiger partial charge in [0.2, 0.25) is 5.95 Å². The number of hydrogen-bond donors (Lipinski definition) is 3. The maximum atomic E-state index is 14.0. The van der Waals surface area contributed by atoms with E-state index in [0.29, 0.717) is 56.5 Å². The maximum absolute atomic E-state index is 14.0. The minimum absolute atomic E-state index is 0.0459. The van der Waals surface area contributed by atoms with Crippen molar-refractivity contribution < 1.29 is 32.1 Å². The van der Waals surface area contributed by atoms with Gasteiger partial charge in [-0.2, -0.15) is 18.2 Å². The van der Waals surface area contributed by atoms with Crippen LogP contribution in [-0.2, 0) is 27.9 Å². The highest BCUT2D eigenvalue weighted by Gasteiger charge is 2.38. The van der Waals surface area contributed by atoms with E-state index in [1.54, 1.807) is 31.3 Å². The van der Waals surface area contributed by atoms with Crippen LogP contribution in [0.15, 0.2) is 42.6 Å². The average molecular weight is 605 g/mol. The number of halogens is 3. The second-order valence-electron chi connectivity index (χ2n) is 9.93. The predicted molar refractivity (Wildman–Crippen MR) is 154 cm³/mol. The van der Waals surface area contributed by atoms with Crippen LogP contribution in [0.3, 0.4) is 0 Å². The Morgan fingerprint density at radius 3 is 2.38 bits per heavy atom. The van der Waals surface area contributed by atoms with Crippen molar-refractivity contribution in [2.75, 3.05) is 48.9 Å². The van der Waals surface area contributed by atoms with Crippen molar-refractivity contribution in [2.45, 2.75) is 38.8 Å². The number of nitrogens with zero attached hydrogens (tertiary/aromatic N) is 4. The lowest BCUT2D eigenvalue weighted by atomic mass is 10.0. The third-order valence-electron chi connectivity index (χ3n) is 6.86. The zero-order valence-corrected chi connectivity index (χ0v) is 24.3. The Morgan fingerprint density at radius 2 is 1.76 bits per heavy atom. The molecule has 3 heterocycles. The third-order valence-corrected chi connectivity index (χ3v) is 8.58. The maximum Gasteiger partial charge on any atom is 0.421 e. The summed E-state index contributed by atoms with van der Waals surface area (Å²) < 4.78 is 53.2. The Hall–Kier alpha value is -3.51. The van der Waals surface area contributed by atoms with E-state index in [-0.39, 0.29) is 23.1 Å². The molecule has 1 amide bonds. The van der Waals surface area contributed by atoms with Crippen molar-refractivity contribution in [1.82, 2.24) is 14.9 Å². The highest BCUT2D eigenvalue weighted by atomic mass is 31.2. The summed E-state index contributed by atoms with van der Waals surface area (Å²) in [7, 11) is 0.580. The number of carbonyl (C=O) groups is 1. The minimum Gasteiger partial charge on any atom is -0.389 e. The first-order chi connectivity index (χ1) is 20.1. The van der Waals surface area contributed by atoms with Gasteiger partial charge >= 0.3 is 6.18 Å². The highest BCUT2D eigenvalue weighted by molar-refractivity contribution is 7.46. The van der Waals surface area contributed by atoms with Crippen LogP contribution >= 0.6 is 8.38 Å². The van der Waals surface area contributed by atoms with Crippen molar-refractivity contribution in [3.8, 4) is 0 Å². The third kappa shape index (κ3) is 6.44. The molecular weight excluding hydrogens is 572 g/mol. The van der Waals surface area contributed by atoms with Gasteiger partial charge in [0.15, 0.2) is 8.38 Å². The molecule has 3 aromatic rings. The van der Waals surface area contributed by atoms with Crippen molar-refractivity contribution in [2.24, 2.45) is 0 Å². The quantitative estimate of drug-likeness (QED) is 0.240. The Balaban J connectivity index is 1.40. The molecule has 0 bridgehead atoms. The zero-order chi connectivity index (χ0) is 30.0. The molecule has 0 atom stereocenters. The molecule has 0 aliphatic carbocycles. The van der Waals surface area contributed by atoms with Crippen LogP contribution in [0, 0.1) is 0 Å². The van der Waals surface area contributed by atoms with Gasteiger partial charge in [-0.1, -0.05) is 12.1 Å². The summed E-state index contributed by atoms with van der Waals surface area (Å²) in [6.45, 7) is 6.08. The van der Waals surface area contributed by atoms with Gasteiger partial charge in [-0.25, -0.2) is 4.98 Å². The van der Waals surface area contributed by atoms with Crippen molar-refractivity contribution in [3.05, 3.63) is 64.8 Å². The van der Waals surface area contributed by atoms with Gasteiger partial charge < -0.3 is 34.6 Å². The summed E-state index contributed by atoms with van der Waals surface area (Å²) in [4.78, 5) is 24.5. The highest BCUT2D eigenvalue weighted by Crippen LogP contribution is 2.43. The van der Waals surface area contributed by atoms with E-state index in [4.69, 9.17) is 9.05 Å². The van der Waals surface area contributed by atoms with Gasteiger partial charge in [0.1, 0.15) is 11.4 Å². The molecule has 5 rings (SSSR count). The normalized spacial score (nSPS) is 15.3. The number of anilines is 5. The van der Waals surface area contributed by atoms with Gasteiger partial charge in [0.05, 0.1) is 30.6 Å². The summed E-state index contributed by atoms with van der Waals surface area (Å²) in [5, 5.41) is 15.5. The van der Waals surface area contributed by atoms with E-state index < -0.39 is 32.0 Å². The topological polar surface area (TPSA) is 112 Å². The fourth-order valence-electron chi connectivity index (χ4n) is 4.85. The number of β-amino-alcohol motifs (C(OH)–C–C–N with tert-alkyl or cyclic N) is 1. The van der Waals surface area contributed by atoms with E-state index >= 15 is 0 Å². The van der Waals surface area contributed by atoms with E-state index in [9.17, 15) is 23.1 Å². The molecular formula is C28H32F3N6O4P. The Morgan fingerprint density at radius 1 is 1.07 bits per heavy atom. The van der Waals surface area contributed by atoms with E-state index in [1.807, 2.05) is 30.9 Å². The average Bonchev–Trinajstić information content (AvgIpc) is 3.22. The van der Waals surface area contributed by atoms with Crippen LogP contribution in [-0.4, -0.2) is 65.3 Å². The molecule has 2 aliphatic heterocycles. The number of benzene rings is 2. The molecule has 224 valence electrons. The monoisotopic (exact) mass is 604 g/mol. The molecule has 2 aliphatic rings. The number of fused-ring (bicyclic) bond motifs is 1. The first-order valence-corrected chi connectivity index (χ1v) is 14.9. The number of aliphatic hydroxyl groups excluding tert-OH is 1. The van der Waals surface area contributed by atoms with Gasteiger partial charge in [-0.3, -0.25) is 4.79 Å². The van der Waals surface area contributed by atoms with Crippen LogP contribution in [0.25, 0.3) is 0 Å². The SMILES string of the molecule is CCOP(Cc1ccc(Nc2ncc(C(F)(F)F)c(Nc3ccc(N4CC(O)C4)c4c3C(=O)N(C)C4)n2)cc1)OCC. The molecule has 0 unspecified atom stereocenters. The molecule has 10 nitrogen and oxygen atoms in total. The molecule has 14 heteroatoms. The first-order valence-electron chi connectivity index (χ1n) is 13.5. The van der Waals surface area contributed by atoms with E-state index in [0.717, 1.165) is 11.3 Å². The number of aliphatic hydroxyl groups is 1. The standard InChI is InChI=1S/C28H32F3N6O4P/c1-4-40-42(41-5-2)16-17-6-8-18(9-7-17)33-27-32-12-21(28(29,30)31)25(35-27)34-22-10-11-23(37-13-19(38)14-37)20-15-36(3)26(39)24(20)22/h6-12,19,38H,4-5,13-16H2,1-3H3,(H2,32,33,34,35). The number of carbonyl (C=O) groups excluding carboxylic acids is 1. The Labute approximate surface area is 242 Å². The number of rotatable bonds is 11. The van der Waals surface area contributed by atoms with Gasteiger partial charge in [0, 0.05) is 56.0 Å². The largest absolute Gasteiger partial charge is 0.421 e. The lowest BCUT2D eigenvalue weighted by Gasteiger charge is -2.39. The summed E-state index contributed by atoms with van der Waals surface area (Å²) in [6, 6.07) is 10.6. The van der Waals surface area contributed by atoms with Gasteiger partial charge in [-0.15, -0.1) is 0 Å². The van der Waals surface area contributed by atoms with Gasteiger partial charge in [0.25, 0.3) is 5.91 Å². The number of amides is 1. The molecule has 1 saturated heterocycles. The van der Waals surface area contributed by atoms with Crippen LogP contribution in [0.4, 0.5) is 42.0 Å². The van der Waals surface area contributed by atoms with E-state index in [2.05, 4.69) is 20.6 Å². The number of hydrogen-bond acceptors (Lipinski definition) is 9. The van der Waals surface area contributed by atoms with Crippen molar-refractivity contribution >= 4 is 43.1 Å². The second-order valence-corrected chi connectivity index (χ2v) is 11.4. The van der Waals surface area contributed by atoms with Crippen LogP contribution in [0.2, 0.25) is 0 Å².